The second-order valence-corrected chi connectivity index (χ2v) is 8.98. The van der Waals surface area contributed by atoms with E-state index in [0.29, 0.717) is 38.8 Å². The van der Waals surface area contributed by atoms with Crippen LogP contribution in [0.15, 0.2) is 17.5 Å². The molecule has 1 saturated carbocycles. The number of fused-ring (bicyclic) bond motifs is 1. The van der Waals surface area contributed by atoms with E-state index >= 15 is 0 Å². The summed E-state index contributed by atoms with van der Waals surface area (Å²) in [5, 5.41) is 1.94. The van der Waals surface area contributed by atoms with Crippen LogP contribution in [0, 0.1) is 5.92 Å². The van der Waals surface area contributed by atoms with Gasteiger partial charge in [0.05, 0.1) is 17.5 Å². The standard InChI is InChI=1S/C20H29N3O2S/c24-19(15-23-9-3-6-16-5-1-2-7-17(16)23)21-10-12-22(13-11-21)20(25)18-8-4-14-26-18/h4,8,14,16-17H,1-3,5-7,9-13,15H2/p+1/t16-,17+/m1/s1. The van der Waals surface area contributed by atoms with E-state index in [1.54, 1.807) is 0 Å². The molecule has 2 saturated heterocycles. The lowest BCUT2D eigenvalue weighted by molar-refractivity contribution is -0.929. The molecule has 0 spiro atoms. The molecule has 1 unspecified atom stereocenters. The highest BCUT2D eigenvalue weighted by atomic mass is 32.1. The summed E-state index contributed by atoms with van der Waals surface area (Å²) in [5.74, 6) is 1.24. The second kappa shape index (κ2) is 8.09. The Balaban J connectivity index is 1.29. The molecule has 1 aromatic heterocycles. The Morgan fingerprint density at radius 3 is 2.54 bits per heavy atom. The third-order valence-corrected chi connectivity index (χ3v) is 7.39. The lowest BCUT2D eigenvalue weighted by atomic mass is 9.78. The predicted molar refractivity (Wildman–Crippen MR) is 102 cm³/mol. The topological polar surface area (TPSA) is 45.1 Å². The van der Waals surface area contributed by atoms with Crippen LogP contribution >= 0.6 is 11.3 Å². The Kier molecular flexibility index (Phi) is 5.60. The second-order valence-electron chi connectivity index (χ2n) is 8.03. The average Bonchev–Trinajstić information content (AvgIpc) is 3.23. The molecular weight excluding hydrogens is 346 g/mol. The van der Waals surface area contributed by atoms with Gasteiger partial charge in [0.25, 0.3) is 11.8 Å². The molecule has 142 valence electrons. The predicted octanol–water partition coefficient (Wildman–Crippen LogP) is 1.27. The van der Waals surface area contributed by atoms with E-state index in [0.717, 1.165) is 17.3 Å². The van der Waals surface area contributed by atoms with Crippen LogP contribution in [0.4, 0.5) is 0 Å². The average molecular weight is 377 g/mol. The number of piperazine rings is 1. The quantitative estimate of drug-likeness (QED) is 0.864. The minimum Gasteiger partial charge on any atom is -0.334 e. The number of amides is 2. The van der Waals surface area contributed by atoms with Crippen LogP contribution in [0.5, 0.6) is 0 Å². The molecular formula is C20H30N3O2S+. The van der Waals surface area contributed by atoms with Crippen LogP contribution in [-0.2, 0) is 4.79 Å². The van der Waals surface area contributed by atoms with Gasteiger partial charge in [-0.2, -0.15) is 0 Å². The van der Waals surface area contributed by atoms with Crippen LogP contribution in [0.25, 0.3) is 0 Å². The number of rotatable bonds is 3. The number of hydrogen-bond acceptors (Lipinski definition) is 3. The molecule has 2 amide bonds. The first-order chi connectivity index (χ1) is 12.7. The highest BCUT2D eigenvalue weighted by molar-refractivity contribution is 7.12. The first-order valence-corrected chi connectivity index (χ1v) is 11.1. The van der Waals surface area contributed by atoms with E-state index in [1.165, 1.54) is 54.8 Å². The summed E-state index contributed by atoms with van der Waals surface area (Å²) in [6, 6.07) is 4.51. The van der Waals surface area contributed by atoms with E-state index in [1.807, 2.05) is 27.3 Å². The molecule has 1 aliphatic carbocycles. The van der Waals surface area contributed by atoms with Crippen LogP contribution in [-0.4, -0.2) is 66.9 Å². The van der Waals surface area contributed by atoms with Gasteiger partial charge >= 0.3 is 0 Å². The van der Waals surface area contributed by atoms with E-state index in [2.05, 4.69) is 0 Å². The molecule has 1 aromatic rings. The Hall–Kier alpha value is -1.40. The largest absolute Gasteiger partial charge is 0.334 e. The molecule has 3 fully saturated rings. The number of likely N-dealkylation sites (tertiary alicyclic amines) is 1. The summed E-state index contributed by atoms with van der Waals surface area (Å²) in [6.45, 7) is 4.48. The van der Waals surface area contributed by atoms with Gasteiger partial charge in [0.2, 0.25) is 0 Å². The number of nitrogens with one attached hydrogen (secondary N) is 1. The van der Waals surface area contributed by atoms with E-state index in [9.17, 15) is 9.59 Å². The van der Waals surface area contributed by atoms with Crippen molar-refractivity contribution in [2.24, 2.45) is 5.92 Å². The molecule has 0 radical (unpaired) electrons. The normalized spacial score (nSPS) is 29.3. The minimum atomic E-state index is 0.110. The van der Waals surface area contributed by atoms with Crippen LogP contribution < -0.4 is 4.90 Å². The number of carbonyl (C=O) groups is 2. The molecule has 2 aliphatic heterocycles. The fourth-order valence-electron chi connectivity index (χ4n) is 5.11. The molecule has 1 N–H and O–H groups in total. The van der Waals surface area contributed by atoms with Crippen molar-refractivity contribution in [3.8, 4) is 0 Å². The summed E-state index contributed by atoms with van der Waals surface area (Å²) in [4.78, 5) is 31.5. The lowest BCUT2D eigenvalue weighted by Crippen LogP contribution is -3.18. The first kappa shape index (κ1) is 18.0. The first-order valence-electron chi connectivity index (χ1n) is 10.2. The number of nitrogens with zero attached hydrogens (tertiary/aromatic N) is 2. The molecule has 0 bridgehead atoms. The zero-order chi connectivity index (χ0) is 17.9. The summed E-state index contributed by atoms with van der Waals surface area (Å²) >= 11 is 1.49. The number of thiophene rings is 1. The molecule has 3 heterocycles. The number of hydrogen-bond donors (Lipinski definition) is 1. The third kappa shape index (κ3) is 3.81. The smallest absolute Gasteiger partial charge is 0.277 e. The highest BCUT2D eigenvalue weighted by Crippen LogP contribution is 2.28. The van der Waals surface area contributed by atoms with E-state index < -0.39 is 0 Å². The van der Waals surface area contributed by atoms with Crippen molar-refractivity contribution in [3.63, 3.8) is 0 Å². The molecule has 26 heavy (non-hydrogen) atoms. The van der Waals surface area contributed by atoms with Crippen molar-refractivity contribution < 1.29 is 14.5 Å². The van der Waals surface area contributed by atoms with E-state index in [-0.39, 0.29) is 11.8 Å². The fourth-order valence-corrected chi connectivity index (χ4v) is 5.80. The summed E-state index contributed by atoms with van der Waals surface area (Å²) in [5.41, 5.74) is 0. The number of piperidine rings is 1. The number of carbonyl (C=O) groups excluding carboxylic acids is 2. The van der Waals surface area contributed by atoms with Gasteiger partial charge in [0.15, 0.2) is 6.54 Å². The maximum atomic E-state index is 12.8. The molecule has 0 aromatic carbocycles. The Morgan fingerprint density at radius 2 is 1.77 bits per heavy atom. The van der Waals surface area contributed by atoms with Crippen LogP contribution in [0.2, 0.25) is 0 Å². The van der Waals surface area contributed by atoms with Crippen molar-refractivity contribution in [1.29, 1.82) is 0 Å². The van der Waals surface area contributed by atoms with E-state index in [4.69, 9.17) is 0 Å². The Bertz CT molecular complexity index is 623. The highest BCUT2D eigenvalue weighted by Gasteiger charge is 2.38. The van der Waals surface area contributed by atoms with Crippen molar-refractivity contribution in [3.05, 3.63) is 22.4 Å². The number of quaternary nitrogens is 1. The van der Waals surface area contributed by atoms with Gasteiger partial charge in [0, 0.05) is 32.1 Å². The summed E-state index contributed by atoms with van der Waals surface area (Å²) in [6.07, 6.45) is 8.02. The van der Waals surface area contributed by atoms with Gasteiger partial charge in [-0.25, -0.2) is 0 Å². The SMILES string of the molecule is O=C(C[NH+]1CCC[C@H]2CCCC[C@@H]21)N1CCN(C(=O)c2cccs2)CC1. The van der Waals surface area contributed by atoms with Crippen molar-refractivity contribution in [2.45, 2.75) is 44.6 Å². The summed E-state index contributed by atoms with van der Waals surface area (Å²) < 4.78 is 0. The van der Waals surface area contributed by atoms with Crippen molar-refractivity contribution in [1.82, 2.24) is 9.80 Å². The lowest BCUT2D eigenvalue weighted by Gasteiger charge is -2.42. The Morgan fingerprint density at radius 1 is 1.04 bits per heavy atom. The molecule has 3 aliphatic rings. The van der Waals surface area contributed by atoms with Crippen molar-refractivity contribution >= 4 is 23.2 Å². The summed E-state index contributed by atoms with van der Waals surface area (Å²) in [7, 11) is 0. The molecule has 4 rings (SSSR count). The maximum absolute atomic E-state index is 12.8. The van der Waals surface area contributed by atoms with Crippen molar-refractivity contribution in [2.75, 3.05) is 39.3 Å². The van der Waals surface area contributed by atoms with Gasteiger partial charge in [-0.05, 0) is 43.6 Å². The van der Waals surface area contributed by atoms with Gasteiger partial charge in [0.1, 0.15) is 0 Å². The monoisotopic (exact) mass is 376 g/mol. The van der Waals surface area contributed by atoms with Gasteiger partial charge < -0.3 is 14.7 Å². The Labute approximate surface area is 159 Å². The minimum absolute atomic E-state index is 0.110. The molecule has 3 atom stereocenters. The molecule has 5 nitrogen and oxygen atoms in total. The molecule has 6 heteroatoms. The van der Waals surface area contributed by atoms with Crippen LogP contribution in [0.1, 0.15) is 48.2 Å². The fraction of sp³-hybridized carbons (Fsp3) is 0.700. The zero-order valence-electron chi connectivity index (χ0n) is 15.5. The van der Waals surface area contributed by atoms with Gasteiger partial charge in [-0.15, -0.1) is 11.3 Å². The third-order valence-electron chi connectivity index (χ3n) is 6.54. The van der Waals surface area contributed by atoms with Crippen LogP contribution in [0.3, 0.4) is 0 Å². The zero-order valence-corrected chi connectivity index (χ0v) is 16.3. The van der Waals surface area contributed by atoms with Gasteiger partial charge in [-0.3, -0.25) is 9.59 Å². The maximum Gasteiger partial charge on any atom is 0.277 e. The van der Waals surface area contributed by atoms with Gasteiger partial charge in [-0.1, -0.05) is 12.5 Å².